The van der Waals surface area contributed by atoms with Gasteiger partial charge >= 0.3 is 0 Å². The highest BCUT2D eigenvalue weighted by Gasteiger charge is 1.85. The number of aliphatic imine (C=N–C) groups is 1. The van der Waals surface area contributed by atoms with Crippen molar-refractivity contribution in [3.05, 3.63) is 24.4 Å². The highest BCUT2D eigenvalue weighted by molar-refractivity contribution is 5.56. The van der Waals surface area contributed by atoms with E-state index in [9.17, 15) is 4.79 Å². The zero-order chi connectivity index (χ0) is 11.1. The van der Waals surface area contributed by atoms with E-state index in [4.69, 9.17) is 0 Å². The molecule has 0 bridgehead atoms. The fourth-order valence-electron chi connectivity index (χ4n) is 0.402. The van der Waals surface area contributed by atoms with Crippen molar-refractivity contribution in [1.82, 2.24) is 0 Å². The molecule has 0 spiro atoms. The van der Waals surface area contributed by atoms with Gasteiger partial charge in [0.25, 0.3) is 0 Å². The quantitative estimate of drug-likeness (QED) is 0.412. The Hall–Kier alpha value is -1.22. The molecule has 0 fully saturated rings. The van der Waals surface area contributed by atoms with Gasteiger partial charge < -0.3 is 10.5 Å². The maximum atomic E-state index is 9.90. The molecule has 0 heterocycles. The van der Waals surface area contributed by atoms with E-state index in [0.29, 0.717) is 6.42 Å². The molecule has 0 saturated carbocycles. The highest BCUT2D eigenvalue weighted by atomic mass is 16.1. The Kier molecular flexibility index (Phi) is 30.6. The Bertz CT molecular complexity index is 151. The van der Waals surface area contributed by atoms with Gasteiger partial charge in [-0.05, 0) is 19.3 Å². The molecule has 0 amide bonds. The van der Waals surface area contributed by atoms with Crippen LogP contribution < -0.4 is 5.73 Å². The van der Waals surface area contributed by atoms with E-state index in [0.717, 1.165) is 11.9 Å². The summed E-state index contributed by atoms with van der Waals surface area (Å²) in [5.74, 6) is 0. The van der Waals surface area contributed by atoms with Crippen LogP contribution in [-0.4, -0.2) is 20.1 Å². The molecule has 0 aliphatic rings. The van der Waals surface area contributed by atoms with Crippen LogP contribution in [0.2, 0.25) is 0 Å². The largest absolute Gasteiger partial charge is 0.333 e. The number of aldehydes is 1. The normalized spacial score (nSPS) is 8.15. The number of rotatable bonds is 4. The number of carbonyl (C=O) groups excluding carboxylic acids is 1. The van der Waals surface area contributed by atoms with Crippen molar-refractivity contribution in [3.63, 3.8) is 0 Å². The zero-order valence-electron chi connectivity index (χ0n) is 8.79. The van der Waals surface area contributed by atoms with Crippen molar-refractivity contribution in [2.24, 2.45) is 10.7 Å². The van der Waals surface area contributed by atoms with Crippen LogP contribution in [-0.2, 0) is 4.79 Å². The third-order valence-corrected chi connectivity index (χ3v) is 0.838. The molecule has 0 aromatic heterocycles. The minimum Gasteiger partial charge on any atom is -0.333 e. The summed E-state index contributed by atoms with van der Waals surface area (Å²) >= 11 is 0. The summed E-state index contributed by atoms with van der Waals surface area (Å²) in [6, 6.07) is 0. The molecule has 2 N–H and O–H groups in total. The SMILES string of the molecule is C=C/C(=C\N=C)CC=O.CC.CN. The molecular formula is C10H20N2O. The molecule has 0 atom stereocenters. The lowest BCUT2D eigenvalue weighted by Crippen LogP contribution is -1.77. The summed E-state index contributed by atoms with van der Waals surface area (Å²) in [5, 5.41) is 0. The average molecular weight is 184 g/mol. The van der Waals surface area contributed by atoms with E-state index in [2.05, 4.69) is 24.0 Å². The minimum absolute atomic E-state index is 0.364. The van der Waals surface area contributed by atoms with Gasteiger partial charge in [0, 0.05) is 12.6 Å². The van der Waals surface area contributed by atoms with Gasteiger partial charge in [0.2, 0.25) is 0 Å². The van der Waals surface area contributed by atoms with E-state index in [1.807, 2.05) is 13.8 Å². The summed E-state index contributed by atoms with van der Waals surface area (Å²) in [6.07, 6.45) is 4.27. The van der Waals surface area contributed by atoms with E-state index < -0.39 is 0 Å². The van der Waals surface area contributed by atoms with Gasteiger partial charge in [-0.25, -0.2) is 0 Å². The first-order valence-corrected chi connectivity index (χ1v) is 4.13. The van der Waals surface area contributed by atoms with E-state index >= 15 is 0 Å². The van der Waals surface area contributed by atoms with Crippen LogP contribution in [0.5, 0.6) is 0 Å². The van der Waals surface area contributed by atoms with Crippen molar-refractivity contribution in [2.75, 3.05) is 7.05 Å². The highest BCUT2D eigenvalue weighted by Crippen LogP contribution is 1.98. The van der Waals surface area contributed by atoms with Gasteiger partial charge in [0.1, 0.15) is 6.29 Å². The summed E-state index contributed by atoms with van der Waals surface area (Å²) in [6.45, 7) is 10.7. The van der Waals surface area contributed by atoms with Crippen LogP contribution in [0.3, 0.4) is 0 Å². The monoisotopic (exact) mass is 184 g/mol. The van der Waals surface area contributed by atoms with E-state index in [-0.39, 0.29) is 0 Å². The molecule has 76 valence electrons. The Morgan fingerprint density at radius 3 is 2.15 bits per heavy atom. The van der Waals surface area contributed by atoms with Gasteiger partial charge in [-0.15, -0.1) is 0 Å². The lowest BCUT2D eigenvalue weighted by Gasteiger charge is -1.87. The van der Waals surface area contributed by atoms with Gasteiger partial charge in [0.15, 0.2) is 0 Å². The summed E-state index contributed by atoms with van der Waals surface area (Å²) in [4.78, 5) is 13.4. The minimum atomic E-state index is 0.364. The molecule has 0 aromatic carbocycles. The Morgan fingerprint density at radius 1 is 1.46 bits per heavy atom. The Balaban J connectivity index is -0.000000218. The van der Waals surface area contributed by atoms with Gasteiger partial charge in [-0.1, -0.05) is 26.5 Å². The number of hydrogen-bond acceptors (Lipinski definition) is 3. The van der Waals surface area contributed by atoms with Gasteiger partial charge in [0.05, 0.1) is 0 Å². The van der Waals surface area contributed by atoms with E-state index in [1.54, 1.807) is 6.08 Å². The number of carbonyl (C=O) groups is 1. The molecule has 0 saturated heterocycles. The van der Waals surface area contributed by atoms with Gasteiger partial charge in [-0.2, -0.15) is 0 Å². The third-order valence-electron chi connectivity index (χ3n) is 0.838. The standard InChI is InChI=1S/C7H9NO.C2H6.CH5N/c1-3-7(4-5-9)6-8-2;2*1-2/h3,5-6H,1-2,4H2;1-2H3;2H2,1H3/b7-6+;;. The fourth-order valence-corrected chi connectivity index (χ4v) is 0.402. The molecule has 0 unspecified atom stereocenters. The van der Waals surface area contributed by atoms with Crippen molar-refractivity contribution in [1.29, 1.82) is 0 Å². The van der Waals surface area contributed by atoms with Crippen LogP contribution in [0.4, 0.5) is 0 Å². The Labute approximate surface area is 81.1 Å². The second-order valence-corrected chi connectivity index (χ2v) is 1.46. The molecule has 13 heavy (non-hydrogen) atoms. The molecule has 3 nitrogen and oxygen atoms in total. The summed E-state index contributed by atoms with van der Waals surface area (Å²) in [5.41, 5.74) is 5.29. The number of nitrogens with two attached hydrogens (primary N) is 1. The molecule has 0 aromatic rings. The summed E-state index contributed by atoms with van der Waals surface area (Å²) in [7, 11) is 1.50. The predicted octanol–water partition coefficient (Wildman–Crippen LogP) is 1.95. The molecule has 0 aliphatic carbocycles. The number of hydrogen-bond donors (Lipinski definition) is 1. The van der Waals surface area contributed by atoms with Crippen LogP contribution in [0.15, 0.2) is 29.4 Å². The molecule has 3 heteroatoms. The molecule has 0 radical (unpaired) electrons. The first-order valence-electron chi connectivity index (χ1n) is 4.13. The fraction of sp³-hybridized carbons (Fsp3) is 0.400. The number of nitrogens with zero attached hydrogens (tertiary/aromatic N) is 1. The van der Waals surface area contributed by atoms with E-state index in [1.165, 1.54) is 13.2 Å². The van der Waals surface area contributed by atoms with Crippen molar-refractivity contribution in [3.8, 4) is 0 Å². The van der Waals surface area contributed by atoms with Crippen molar-refractivity contribution < 1.29 is 4.79 Å². The second kappa shape index (κ2) is 22.4. The topological polar surface area (TPSA) is 55.5 Å². The van der Waals surface area contributed by atoms with Gasteiger partial charge in [-0.3, -0.25) is 4.99 Å². The van der Waals surface area contributed by atoms with Crippen LogP contribution in [0, 0.1) is 0 Å². The number of allylic oxidation sites excluding steroid dienone is 2. The van der Waals surface area contributed by atoms with Crippen molar-refractivity contribution >= 4 is 13.0 Å². The van der Waals surface area contributed by atoms with Crippen LogP contribution >= 0.6 is 0 Å². The van der Waals surface area contributed by atoms with Crippen LogP contribution in [0.1, 0.15) is 20.3 Å². The first kappa shape index (κ1) is 17.8. The Morgan fingerprint density at radius 2 is 1.92 bits per heavy atom. The maximum Gasteiger partial charge on any atom is 0.124 e. The summed E-state index contributed by atoms with van der Waals surface area (Å²) < 4.78 is 0. The molecular weight excluding hydrogens is 164 g/mol. The molecule has 0 rings (SSSR count). The lowest BCUT2D eigenvalue weighted by atomic mass is 10.2. The molecule has 0 aliphatic heterocycles. The maximum absolute atomic E-state index is 9.90. The van der Waals surface area contributed by atoms with Crippen LogP contribution in [0.25, 0.3) is 0 Å². The van der Waals surface area contributed by atoms with Crippen molar-refractivity contribution in [2.45, 2.75) is 20.3 Å². The third kappa shape index (κ3) is 18.1. The average Bonchev–Trinajstić information content (AvgIpc) is 2.23. The smallest absolute Gasteiger partial charge is 0.124 e. The predicted molar refractivity (Wildman–Crippen MR) is 60.0 cm³/mol. The zero-order valence-corrected chi connectivity index (χ0v) is 8.79. The second-order valence-electron chi connectivity index (χ2n) is 1.46. The lowest BCUT2D eigenvalue weighted by molar-refractivity contribution is -0.107. The first-order chi connectivity index (χ1) is 6.35.